The van der Waals surface area contributed by atoms with E-state index in [1.54, 1.807) is 24.4 Å². The van der Waals surface area contributed by atoms with Gasteiger partial charge in [-0.3, -0.25) is 4.98 Å². The number of benzene rings is 1. The lowest BCUT2D eigenvalue weighted by Gasteiger charge is -2.11. The molecule has 0 saturated heterocycles. The van der Waals surface area contributed by atoms with Gasteiger partial charge in [-0.25, -0.2) is 4.39 Å². The van der Waals surface area contributed by atoms with E-state index in [0.29, 0.717) is 22.1 Å². The van der Waals surface area contributed by atoms with Gasteiger partial charge >= 0.3 is 0 Å². The van der Waals surface area contributed by atoms with Gasteiger partial charge in [-0.1, -0.05) is 17.7 Å². The van der Waals surface area contributed by atoms with Crippen molar-refractivity contribution in [3.63, 3.8) is 0 Å². The first-order chi connectivity index (χ1) is 8.22. The zero-order valence-electron chi connectivity index (χ0n) is 8.86. The maximum absolute atomic E-state index is 13.4. The van der Waals surface area contributed by atoms with Crippen molar-refractivity contribution in [3.8, 4) is 11.5 Å². The number of aromatic nitrogens is 1. The van der Waals surface area contributed by atoms with E-state index in [1.807, 2.05) is 0 Å². The molecule has 2 N–H and O–H groups in total. The first-order valence-corrected chi connectivity index (χ1v) is 5.35. The molecule has 0 aliphatic heterocycles. The third-order valence-electron chi connectivity index (χ3n) is 2.24. The molecule has 2 rings (SSSR count). The maximum atomic E-state index is 13.4. The molecule has 3 nitrogen and oxygen atoms in total. The van der Waals surface area contributed by atoms with Crippen molar-refractivity contribution < 1.29 is 9.13 Å². The standard InChI is InChI=1S/C12H10ClFN2O/c13-9-7-16-5-4-12(9)17-11-3-1-2-10(14)8(11)6-15/h1-5,7H,6,15H2. The quantitative estimate of drug-likeness (QED) is 0.913. The van der Waals surface area contributed by atoms with Crippen LogP contribution in [0.1, 0.15) is 5.56 Å². The molecule has 0 unspecified atom stereocenters. The van der Waals surface area contributed by atoms with Crippen LogP contribution in [0.3, 0.4) is 0 Å². The van der Waals surface area contributed by atoms with Crippen LogP contribution < -0.4 is 10.5 Å². The number of nitrogens with zero attached hydrogens (tertiary/aromatic N) is 1. The Kier molecular flexibility index (Phi) is 3.56. The van der Waals surface area contributed by atoms with E-state index < -0.39 is 5.82 Å². The molecular weight excluding hydrogens is 243 g/mol. The fourth-order valence-corrected chi connectivity index (χ4v) is 1.55. The first-order valence-electron chi connectivity index (χ1n) is 4.97. The summed E-state index contributed by atoms with van der Waals surface area (Å²) in [5.41, 5.74) is 5.80. The van der Waals surface area contributed by atoms with Crippen LogP contribution in [0.4, 0.5) is 4.39 Å². The Morgan fingerprint density at radius 2 is 2.12 bits per heavy atom. The topological polar surface area (TPSA) is 48.1 Å². The van der Waals surface area contributed by atoms with Crippen LogP contribution in [0.15, 0.2) is 36.7 Å². The second-order valence-electron chi connectivity index (χ2n) is 3.33. The predicted molar refractivity (Wildman–Crippen MR) is 63.6 cm³/mol. The fraction of sp³-hybridized carbons (Fsp3) is 0.0833. The van der Waals surface area contributed by atoms with Gasteiger partial charge < -0.3 is 10.5 Å². The number of hydrogen-bond donors (Lipinski definition) is 1. The molecule has 0 radical (unpaired) electrons. The Morgan fingerprint density at radius 1 is 1.29 bits per heavy atom. The van der Waals surface area contributed by atoms with E-state index in [1.165, 1.54) is 12.3 Å². The van der Waals surface area contributed by atoms with E-state index >= 15 is 0 Å². The largest absolute Gasteiger partial charge is 0.455 e. The third kappa shape index (κ3) is 2.54. The summed E-state index contributed by atoms with van der Waals surface area (Å²) >= 11 is 5.90. The van der Waals surface area contributed by atoms with Crippen LogP contribution in [0, 0.1) is 5.82 Å². The van der Waals surface area contributed by atoms with Crippen molar-refractivity contribution in [2.45, 2.75) is 6.54 Å². The van der Waals surface area contributed by atoms with Gasteiger partial charge in [-0.05, 0) is 12.1 Å². The van der Waals surface area contributed by atoms with Crippen molar-refractivity contribution in [1.82, 2.24) is 4.98 Å². The smallest absolute Gasteiger partial charge is 0.149 e. The van der Waals surface area contributed by atoms with Crippen molar-refractivity contribution in [3.05, 3.63) is 53.1 Å². The molecule has 5 heteroatoms. The van der Waals surface area contributed by atoms with Crippen LogP contribution in [0.25, 0.3) is 0 Å². The summed E-state index contributed by atoms with van der Waals surface area (Å²) in [7, 11) is 0. The summed E-state index contributed by atoms with van der Waals surface area (Å²) in [6, 6.07) is 6.14. The minimum Gasteiger partial charge on any atom is -0.455 e. The highest BCUT2D eigenvalue weighted by Crippen LogP contribution is 2.31. The Hall–Kier alpha value is -1.65. The van der Waals surface area contributed by atoms with E-state index in [9.17, 15) is 4.39 Å². The van der Waals surface area contributed by atoms with Crippen LogP contribution >= 0.6 is 11.6 Å². The van der Waals surface area contributed by atoms with Crippen LogP contribution in [-0.2, 0) is 6.54 Å². The number of rotatable bonds is 3. The summed E-state index contributed by atoms with van der Waals surface area (Å²) in [5, 5.41) is 0.361. The second kappa shape index (κ2) is 5.12. The normalized spacial score (nSPS) is 10.3. The number of ether oxygens (including phenoxy) is 1. The molecule has 1 aromatic heterocycles. The van der Waals surface area contributed by atoms with E-state index in [4.69, 9.17) is 22.1 Å². The van der Waals surface area contributed by atoms with Crippen molar-refractivity contribution >= 4 is 11.6 Å². The monoisotopic (exact) mass is 252 g/mol. The number of hydrogen-bond acceptors (Lipinski definition) is 3. The molecule has 0 amide bonds. The molecule has 0 atom stereocenters. The Balaban J connectivity index is 2.37. The summed E-state index contributed by atoms with van der Waals surface area (Å²) in [6.07, 6.45) is 3.00. The van der Waals surface area contributed by atoms with Gasteiger partial charge in [0.2, 0.25) is 0 Å². The highest BCUT2D eigenvalue weighted by atomic mass is 35.5. The summed E-state index contributed by atoms with van der Waals surface area (Å²) in [6.45, 7) is 0.0602. The molecular formula is C12H10ClFN2O. The molecule has 0 spiro atoms. The molecule has 1 aromatic carbocycles. The van der Waals surface area contributed by atoms with Crippen LogP contribution in [0.5, 0.6) is 11.5 Å². The molecule has 0 fully saturated rings. The lowest BCUT2D eigenvalue weighted by Crippen LogP contribution is -2.02. The fourth-order valence-electron chi connectivity index (χ4n) is 1.40. The maximum Gasteiger partial charge on any atom is 0.149 e. The summed E-state index contributed by atoms with van der Waals surface area (Å²) < 4.78 is 19.0. The van der Waals surface area contributed by atoms with Gasteiger partial charge in [0.15, 0.2) is 0 Å². The van der Waals surface area contributed by atoms with Crippen molar-refractivity contribution in [2.24, 2.45) is 5.73 Å². The Bertz CT molecular complexity index is 534. The number of halogens is 2. The molecule has 0 aliphatic carbocycles. The zero-order valence-corrected chi connectivity index (χ0v) is 9.62. The number of pyridine rings is 1. The van der Waals surface area contributed by atoms with E-state index in [2.05, 4.69) is 4.98 Å². The second-order valence-corrected chi connectivity index (χ2v) is 3.74. The molecule has 1 heterocycles. The molecule has 0 bridgehead atoms. The van der Waals surface area contributed by atoms with E-state index in [-0.39, 0.29) is 6.54 Å². The molecule has 17 heavy (non-hydrogen) atoms. The lowest BCUT2D eigenvalue weighted by atomic mass is 10.2. The van der Waals surface area contributed by atoms with Crippen LogP contribution in [-0.4, -0.2) is 4.98 Å². The highest BCUT2D eigenvalue weighted by molar-refractivity contribution is 6.31. The first kappa shape index (κ1) is 11.8. The van der Waals surface area contributed by atoms with Crippen molar-refractivity contribution in [1.29, 1.82) is 0 Å². The third-order valence-corrected chi connectivity index (χ3v) is 2.52. The molecule has 88 valence electrons. The molecule has 0 saturated carbocycles. The average Bonchev–Trinajstić information content (AvgIpc) is 2.32. The summed E-state index contributed by atoms with van der Waals surface area (Å²) in [4.78, 5) is 3.84. The van der Waals surface area contributed by atoms with E-state index in [0.717, 1.165) is 0 Å². The predicted octanol–water partition coefficient (Wildman–Crippen LogP) is 3.13. The highest BCUT2D eigenvalue weighted by Gasteiger charge is 2.10. The Morgan fingerprint density at radius 3 is 2.82 bits per heavy atom. The average molecular weight is 253 g/mol. The SMILES string of the molecule is NCc1c(F)cccc1Oc1ccncc1Cl. The van der Waals surface area contributed by atoms with Gasteiger partial charge in [0.25, 0.3) is 0 Å². The molecule has 0 aliphatic rings. The zero-order chi connectivity index (χ0) is 12.3. The van der Waals surface area contributed by atoms with Crippen LogP contribution in [0.2, 0.25) is 5.02 Å². The minimum absolute atomic E-state index is 0.0602. The molecule has 2 aromatic rings. The van der Waals surface area contributed by atoms with Gasteiger partial charge in [0.1, 0.15) is 22.3 Å². The van der Waals surface area contributed by atoms with Gasteiger partial charge in [-0.15, -0.1) is 0 Å². The van der Waals surface area contributed by atoms with Gasteiger partial charge in [0.05, 0.1) is 0 Å². The Labute approximate surface area is 103 Å². The lowest BCUT2D eigenvalue weighted by molar-refractivity contribution is 0.467. The van der Waals surface area contributed by atoms with Gasteiger partial charge in [-0.2, -0.15) is 0 Å². The summed E-state index contributed by atoms with van der Waals surface area (Å²) in [5.74, 6) is 0.387. The minimum atomic E-state index is -0.393. The number of nitrogens with two attached hydrogens (primary N) is 1. The van der Waals surface area contributed by atoms with Crippen molar-refractivity contribution in [2.75, 3.05) is 0 Å². The van der Waals surface area contributed by atoms with Gasteiger partial charge in [0, 0.05) is 30.6 Å².